The third-order valence-corrected chi connectivity index (χ3v) is 5.67. The van der Waals surface area contributed by atoms with Crippen LogP contribution in [0.4, 0.5) is 0 Å². The van der Waals surface area contributed by atoms with Crippen molar-refractivity contribution < 1.29 is 9.53 Å². The first-order valence-electron chi connectivity index (χ1n) is 10.1. The van der Waals surface area contributed by atoms with E-state index in [2.05, 4.69) is 10.1 Å². The summed E-state index contributed by atoms with van der Waals surface area (Å²) in [6, 6.07) is 15.1. The molecule has 2 aromatic heterocycles. The fourth-order valence-corrected chi connectivity index (χ4v) is 3.92. The lowest BCUT2D eigenvalue weighted by Gasteiger charge is -2.08. The zero-order chi connectivity index (χ0) is 22.0. The number of rotatable bonds is 7. The molecule has 0 aliphatic rings. The molecule has 0 aliphatic heterocycles. The first kappa shape index (κ1) is 20.9. The van der Waals surface area contributed by atoms with Crippen molar-refractivity contribution >= 4 is 28.6 Å². The van der Waals surface area contributed by atoms with Gasteiger partial charge in [-0.3, -0.25) is 9.25 Å². The van der Waals surface area contributed by atoms with Gasteiger partial charge in [-0.1, -0.05) is 41.9 Å². The number of hydrogen-bond donors (Lipinski definition) is 1. The largest absolute Gasteiger partial charge is 0.462 e. The third-order valence-electron chi connectivity index (χ3n) is 5.30. The fourth-order valence-electron chi connectivity index (χ4n) is 3.72. The molecule has 7 nitrogen and oxygen atoms in total. The topological polar surface area (TPSA) is 81.9 Å². The molecule has 0 radical (unpaired) electrons. The van der Waals surface area contributed by atoms with Crippen LogP contribution in [0.25, 0.3) is 11.0 Å². The van der Waals surface area contributed by atoms with Gasteiger partial charge in [-0.25, -0.2) is 9.59 Å². The summed E-state index contributed by atoms with van der Waals surface area (Å²) in [5, 5.41) is 5.15. The minimum atomic E-state index is -0.410. The van der Waals surface area contributed by atoms with Crippen molar-refractivity contribution in [1.29, 1.82) is 0 Å². The van der Waals surface area contributed by atoms with E-state index >= 15 is 0 Å². The van der Waals surface area contributed by atoms with Crippen LogP contribution in [0, 0.1) is 13.8 Å². The molecule has 0 bridgehead atoms. The predicted molar refractivity (Wildman–Crippen MR) is 120 cm³/mol. The molecule has 0 atom stereocenters. The molecule has 0 spiro atoms. The van der Waals surface area contributed by atoms with Crippen LogP contribution < -0.4 is 5.69 Å². The highest BCUT2D eigenvalue weighted by Gasteiger charge is 2.20. The monoisotopic (exact) mass is 438 g/mol. The number of carbonyl (C=O) groups is 1. The molecule has 2 aromatic carbocycles. The number of halogens is 1. The summed E-state index contributed by atoms with van der Waals surface area (Å²) in [5.41, 5.74) is 4.21. The standard InChI is InChI=1S/C23H23ClN4O3/c1-15-21(16(2)28(26-15)14-17-8-3-4-9-18(17)24)22(29)31-13-7-12-27-20-11-6-5-10-19(20)25-23(27)30/h3-6,8-11H,7,12-14H2,1-2H3,(H,25,30). The van der Waals surface area contributed by atoms with Crippen LogP contribution in [0.1, 0.15) is 33.7 Å². The lowest BCUT2D eigenvalue weighted by molar-refractivity contribution is 0.0494. The van der Waals surface area contributed by atoms with Crippen LogP contribution >= 0.6 is 11.6 Å². The lowest BCUT2D eigenvalue weighted by atomic mass is 10.2. The Labute approximate surface area is 184 Å². The van der Waals surface area contributed by atoms with E-state index in [-0.39, 0.29) is 12.3 Å². The molecule has 0 fully saturated rings. The van der Waals surface area contributed by atoms with E-state index in [4.69, 9.17) is 16.3 Å². The van der Waals surface area contributed by atoms with Crippen molar-refractivity contribution in [1.82, 2.24) is 19.3 Å². The predicted octanol–water partition coefficient (Wildman–Crippen LogP) is 4.09. The van der Waals surface area contributed by atoms with Gasteiger partial charge < -0.3 is 9.72 Å². The van der Waals surface area contributed by atoms with Crippen LogP contribution in [0.2, 0.25) is 5.02 Å². The lowest BCUT2D eigenvalue weighted by Crippen LogP contribution is -2.18. The van der Waals surface area contributed by atoms with Crippen molar-refractivity contribution in [3.8, 4) is 0 Å². The fraction of sp³-hybridized carbons (Fsp3) is 0.261. The van der Waals surface area contributed by atoms with Gasteiger partial charge in [0.2, 0.25) is 0 Å². The molecule has 0 aliphatic carbocycles. The molecule has 2 heterocycles. The van der Waals surface area contributed by atoms with Gasteiger partial charge in [0.25, 0.3) is 0 Å². The number of fused-ring (bicyclic) bond motifs is 1. The van der Waals surface area contributed by atoms with Crippen molar-refractivity contribution in [3.63, 3.8) is 0 Å². The number of benzene rings is 2. The molecule has 0 saturated carbocycles. The molecule has 1 N–H and O–H groups in total. The number of ether oxygens (including phenoxy) is 1. The Balaban J connectivity index is 1.40. The Morgan fingerprint density at radius 3 is 2.68 bits per heavy atom. The van der Waals surface area contributed by atoms with Crippen LogP contribution in [0.15, 0.2) is 53.3 Å². The molecule has 0 amide bonds. The molecule has 8 heteroatoms. The minimum absolute atomic E-state index is 0.167. The molecule has 4 rings (SSSR count). The van der Waals surface area contributed by atoms with Gasteiger partial charge in [-0.05, 0) is 44.0 Å². The number of esters is 1. The highest BCUT2D eigenvalue weighted by atomic mass is 35.5. The number of aryl methyl sites for hydroxylation is 2. The van der Waals surface area contributed by atoms with Gasteiger partial charge in [-0.2, -0.15) is 5.10 Å². The third kappa shape index (κ3) is 4.27. The summed E-state index contributed by atoms with van der Waals surface area (Å²) in [6.07, 6.45) is 0.527. The summed E-state index contributed by atoms with van der Waals surface area (Å²) in [7, 11) is 0. The van der Waals surface area contributed by atoms with Gasteiger partial charge in [0.05, 0.1) is 35.6 Å². The van der Waals surface area contributed by atoms with Crippen LogP contribution in [0.3, 0.4) is 0 Å². The van der Waals surface area contributed by atoms with Crippen LogP contribution in [0.5, 0.6) is 0 Å². The van der Waals surface area contributed by atoms with E-state index < -0.39 is 5.97 Å². The number of hydrogen-bond acceptors (Lipinski definition) is 4. The minimum Gasteiger partial charge on any atom is -0.462 e. The highest BCUT2D eigenvalue weighted by Crippen LogP contribution is 2.20. The summed E-state index contributed by atoms with van der Waals surface area (Å²) in [5.74, 6) is -0.410. The van der Waals surface area contributed by atoms with Crippen molar-refractivity contribution in [3.05, 3.63) is 86.6 Å². The normalized spacial score (nSPS) is 11.2. The Morgan fingerprint density at radius 2 is 1.87 bits per heavy atom. The molecule has 0 unspecified atom stereocenters. The van der Waals surface area contributed by atoms with E-state index in [1.807, 2.05) is 55.5 Å². The zero-order valence-corrected chi connectivity index (χ0v) is 18.1. The van der Waals surface area contributed by atoms with Crippen molar-refractivity contribution in [2.45, 2.75) is 33.4 Å². The first-order chi connectivity index (χ1) is 15.0. The smallest absolute Gasteiger partial charge is 0.341 e. The van der Waals surface area contributed by atoms with E-state index in [9.17, 15) is 9.59 Å². The number of carbonyl (C=O) groups excluding carboxylic acids is 1. The number of imidazole rings is 1. The van der Waals surface area contributed by atoms with Gasteiger partial charge in [-0.15, -0.1) is 0 Å². The summed E-state index contributed by atoms with van der Waals surface area (Å²) < 4.78 is 8.90. The average molecular weight is 439 g/mol. The van der Waals surface area contributed by atoms with Gasteiger partial charge in [0, 0.05) is 11.6 Å². The van der Waals surface area contributed by atoms with Crippen LogP contribution in [-0.2, 0) is 17.8 Å². The zero-order valence-electron chi connectivity index (χ0n) is 17.4. The Kier molecular flexibility index (Phi) is 5.95. The van der Waals surface area contributed by atoms with Crippen molar-refractivity contribution in [2.24, 2.45) is 0 Å². The summed E-state index contributed by atoms with van der Waals surface area (Å²) >= 11 is 6.25. The van der Waals surface area contributed by atoms with Crippen molar-refractivity contribution in [2.75, 3.05) is 6.61 Å². The maximum Gasteiger partial charge on any atom is 0.341 e. The second kappa shape index (κ2) is 8.81. The van der Waals surface area contributed by atoms with Gasteiger partial charge >= 0.3 is 11.7 Å². The molecular formula is C23H23ClN4O3. The maximum absolute atomic E-state index is 12.7. The number of nitrogens with one attached hydrogen (secondary N) is 1. The Hall–Kier alpha value is -3.32. The van der Waals surface area contributed by atoms with E-state index in [0.29, 0.717) is 35.8 Å². The number of aromatic amines is 1. The first-order valence-corrected chi connectivity index (χ1v) is 10.5. The van der Waals surface area contributed by atoms with Gasteiger partial charge in [0.1, 0.15) is 5.56 Å². The SMILES string of the molecule is Cc1nn(Cc2ccccc2Cl)c(C)c1C(=O)OCCCn1c(=O)[nH]c2ccccc21. The van der Waals surface area contributed by atoms with E-state index in [1.54, 1.807) is 16.2 Å². The molecule has 4 aromatic rings. The number of H-pyrrole nitrogens is 1. The Morgan fingerprint density at radius 1 is 1.13 bits per heavy atom. The quantitative estimate of drug-likeness (QED) is 0.348. The second-order valence-electron chi connectivity index (χ2n) is 7.38. The molecule has 31 heavy (non-hydrogen) atoms. The average Bonchev–Trinajstić information content (AvgIpc) is 3.21. The molecule has 160 valence electrons. The van der Waals surface area contributed by atoms with Gasteiger partial charge in [0.15, 0.2) is 0 Å². The van der Waals surface area contributed by atoms with E-state index in [1.165, 1.54) is 0 Å². The summed E-state index contributed by atoms with van der Waals surface area (Å²) in [6.45, 7) is 4.78. The van der Waals surface area contributed by atoms with Crippen LogP contribution in [-0.4, -0.2) is 31.9 Å². The number of nitrogens with zero attached hydrogens (tertiary/aromatic N) is 3. The number of para-hydroxylation sites is 2. The summed E-state index contributed by atoms with van der Waals surface area (Å²) in [4.78, 5) is 27.6. The Bertz CT molecular complexity index is 1300. The molecular weight excluding hydrogens is 416 g/mol. The molecule has 0 saturated heterocycles. The maximum atomic E-state index is 12.7. The highest BCUT2D eigenvalue weighted by molar-refractivity contribution is 6.31. The second-order valence-corrected chi connectivity index (χ2v) is 7.79. The number of aromatic nitrogens is 4. The van der Waals surface area contributed by atoms with E-state index in [0.717, 1.165) is 22.3 Å².